The molecule has 1 heterocycles. The van der Waals surface area contributed by atoms with Crippen LogP contribution in [0.5, 0.6) is 0 Å². The average Bonchev–Trinajstić information content (AvgIpc) is 2.70. The summed E-state index contributed by atoms with van der Waals surface area (Å²) >= 11 is 1.87. The maximum absolute atomic E-state index is 4.80. The summed E-state index contributed by atoms with van der Waals surface area (Å²) < 4.78 is 1.33. The van der Waals surface area contributed by atoms with Crippen molar-refractivity contribution in [1.82, 2.24) is 10.3 Å². The number of aromatic nitrogens is 1. The Morgan fingerprint density at radius 1 is 1.21 bits per heavy atom. The summed E-state index contributed by atoms with van der Waals surface area (Å²) in [4.78, 5) is 4.80. The van der Waals surface area contributed by atoms with Crippen molar-refractivity contribution in [1.29, 1.82) is 0 Å². The van der Waals surface area contributed by atoms with E-state index < -0.39 is 0 Å². The summed E-state index contributed by atoms with van der Waals surface area (Å²) in [6, 6.07) is 9.16. The summed E-state index contributed by atoms with van der Waals surface area (Å²) in [5.41, 5.74) is 1.16. The molecule has 2 aromatic rings. The Morgan fingerprint density at radius 3 is 2.89 bits per heavy atom. The predicted molar refractivity (Wildman–Crippen MR) is 82.7 cm³/mol. The fourth-order valence-corrected chi connectivity index (χ4v) is 4.30. The molecule has 0 aliphatic heterocycles. The van der Waals surface area contributed by atoms with Gasteiger partial charge >= 0.3 is 0 Å². The minimum absolute atomic E-state index is 0.675. The molecule has 0 bridgehead atoms. The van der Waals surface area contributed by atoms with Crippen LogP contribution >= 0.6 is 11.3 Å². The molecule has 0 radical (unpaired) electrons. The van der Waals surface area contributed by atoms with Crippen molar-refractivity contribution in [3.63, 3.8) is 0 Å². The quantitative estimate of drug-likeness (QED) is 0.856. The lowest BCUT2D eigenvalue weighted by atomic mass is 9.92. The van der Waals surface area contributed by atoms with Crippen molar-refractivity contribution < 1.29 is 0 Å². The number of rotatable bonds is 3. The fourth-order valence-electron chi connectivity index (χ4n) is 3.24. The highest BCUT2D eigenvalue weighted by Gasteiger charge is 2.23. The van der Waals surface area contributed by atoms with Crippen molar-refractivity contribution in [2.45, 2.75) is 44.6 Å². The van der Waals surface area contributed by atoms with Gasteiger partial charge in [-0.2, -0.15) is 0 Å². The highest BCUT2D eigenvalue weighted by molar-refractivity contribution is 7.18. The summed E-state index contributed by atoms with van der Waals surface area (Å²) in [6.07, 6.45) is 7.97. The van der Waals surface area contributed by atoms with Gasteiger partial charge < -0.3 is 5.32 Å². The first-order valence-corrected chi connectivity index (χ1v) is 8.20. The van der Waals surface area contributed by atoms with Crippen LogP contribution < -0.4 is 5.32 Å². The third-order valence-corrected chi connectivity index (χ3v) is 5.36. The Hall–Kier alpha value is -0.930. The van der Waals surface area contributed by atoms with Gasteiger partial charge in [0.05, 0.1) is 15.2 Å². The van der Waals surface area contributed by atoms with Crippen molar-refractivity contribution in [2.24, 2.45) is 5.92 Å². The fraction of sp³-hybridized carbons (Fsp3) is 0.562. The van der Waals surface area contributed by atoms with Gasteiger partial charge in [-0.3, -0.25) is 0 Å². The standard InChI is InChI=1S/C16H22N2S/c1-17-13-8-4-2-3-7-12(13)11-16-18-14-9-5-6-10-15(14)19-16/h5-6,9-10,12-13,17H,2-4,7-8,11H2,1H3. The van der Waals surface area contributed by atoms with E-state index in [0.29, 0.717) is 6.04 Å². The zero-order valence-electron chi connectivity index (χ0n) is 11.6. The molecule has 3 rings (SSSR count). The lowest BCUT2D eigenvalue weighted by molar-refractivity contribution is 0.350. The maximum atomic E-state index is 4.80. The number of nitrogens with zero attached hydrogens (tertiary/aromatic N) is 1. The van der Waals surface area contributed by atoms with Gasteiger partial charge in [-0.05, 0) is 37.9 Å². The third-order valence-electron chi connectivity index (χ3n) is 4.30. The first-order valence-electron chi connectivity index (χ1n) is 7.38. The van der Waals surface area contributed by atoms with Crippen LogP contribution in [0.1, 0.15) is 37.1 Å². The van der Waals surface area contributed by atoms with Crippen LogP contribution in [0, 0.1) is 5.92 Å². The molecular formula is C16H22N2S. The molecule has 3 heteroatoms. The lowest BCUT2D eigenvalue weighted by Crippen LogP contribution is -2.33. The van der Waals surface area contributed by atoms with Gasteiger partial charge in [-0.25, -0.2) is 4.98 Å². The van der Waals surface area contributed by atoms with Crippen molar-refractivity contribution >= 4 is 21.6 Å². The van der Waals surface area contributed by atoms with E-state index in [4.69, 9.17) is 4.98 Å². The Morgan fingerprint density at radius 2 is 2.05 bits per heavy atom. The molecule has 1 fully saturated rings. The van der Waals surface area contributed by atoms with E-state index in [1.807, 2.05) is 11.3 Å². The van der Waals surface area contributed by atoms with Crippen LogP contribution in [0.25, 0.3) is 10.2 Å². The first-order chi connectivity index (χ1) is 9.36. The average molecular weight is 274 g/mol. The number of nitrogens with one attached hydrogen (secondary N) is 1. The smallest absolute Gasteiger partial charge is 0.0941 e. The van der Waals surface area contributed by atoms with Crippen LogP contribution in [0.15, 0.2) is 24.3 Å². The van der Waals surface area contributed by atoms with Gasteiger partial charge in [-0.15, -0.1) is 11.3 Å². The number of para-hydroxylation sites is 1. The van der Waals surface area contributed by atoms with Gasteiger partial charge in [0.2, 0.25) is 0 Å². The number of hydrogen-bond acceptors (Lipinski definition) is 3. The molecule has 0 spiro atoms. The molecule has 19 heavy (non-hydrogen) atoms. The van der Waals surface area contributed by atoms with Crippen LogP contribution in [0.4, 0.5) is 0 Å². The van der Waals surface area contributed by atoms with Crippen LogP contribution in [-0.4, -0.2) is 18.1 Å². The van der Waals surface area contributed by atoms with Gasteiger partial charge in [0.1, 0.15) is 0 Å². The monoisotopic (exact) mass is 274 g/mol. The van der Waals surface area contributed by atoms with Gasteiger partial charge in [0, 0.05) is 12.5 Å². The summed E-state index contributed by atoms with van der Waals surface area (Å²) in [6.45, 7) is 0. The highest BCUT2D eigenvalue weighted by atomic mass is 32.1. The molecule has 1 saturated carbocycles. The molecule has 1 aromatic carbocycles. The molecular weight excluding hydrogens is 252 g/mol. The molecule has 0 saturated heterocycles. The van der Waals surface area contributed by atoms with Crippen molar-refractivity contribution in [2.75, 3.05) is 7.05 Å². The summed E-state index contributed by atoms with van der Waals surface area (Å²) in [5.74, 6) is 0.757. The largest absolute Gasteiger partial charge is 0.317 e. The minimum Gasteiger partial charge on any atom is -0.317 e. The maximum Gasteiger partial charge on any atom is 0.0941 e. The van der Waals surface area contributed by atoms with Crippen LogP contribution in [0.2, 0.25) is 0 Å². The molecule has 1 N–H and O–H groups in total. The van der Waals surface area contributed by atoms with Gasteiger partial charge in [0.15, 0.2) is 0 Å². The second-order valence-corrected chi connectivity index (χ2v) is 6.69. The second-order valence-electron chi connectivity index (χ2n) is 5.57. The highest BCUT2D eigenvalue weighted by Crippen LogP contribution is 2.29. The first kappa shape index (κ1) is 13.1. The molecule has 2 nitrogen and oxygen atoms in total. The van der Waals surface area contributed by atoms with E-state index in [2.05, 4.69) is 36.6 Å². The minimum atomic E-state index is 0.675. The number of benzene rings is 1. The molecule has 0 amide bonds. The van der Waals surface area contributed by atoms with E-state index in [1.54, 1.807) is 0 Å². The van der Waals surface area contributed by atoms with Crippen LogP contribution in [-0.2, 0) is 6.42 Å². The molecule has 102 valence electrons. The molecule has 2 atom stereocenters. The normalized spacial score (nSPS) is 24.5. The molecule has 1 aliphatic rings. The van der Waals surface area contributed by atoms with E-state index in [-0.39, 0.29) is 0 Å². The summed E-state index contributed by atoms with van der Waals surface area (Å²) in [5, 5.41) is 4.84. The van der Waals surface area contributed by atoms with Gasteiger partial charge in [0.25, 0.3) is 0 Å². The summed E-state index contributed by atoms with van der Waals surface area (Å²) in [7, 11) is 2.11. The predicted octanol–water partition coefficient (Wildman–Crippen LogP) is 4.01. The van der Waals surface area contributed by atoms with E-state index >= 15 is 0 Å². The van der Waals surface area contributed by atoms with Crippen LogP contribution in [0.3, 0.4) is 0 Å². The second kappa shape index (κ2) is 6.02. The zero-order chi connectivity index (χ0) is 13.1. The Balaban J connectivity index is 1.78. The number of fused-ring (bicyclic) bond motifs is 1. The zero-order valence-corrected chi connectivity index (χ0v) is 12.4. The molecule has 2 unspecified atom stereocenters. The third kappa shape index (κ3) is 2.98. The van der Waals surface area contributed by atoms with E-state index in [9.17, 15) is 0 Å². The number of hydrogen-bond donors (Lipinski definition) is 1. The molecule has 1 aliphatic carbocycles. The molecule has 1 aromatic heterocycles. The SMILES string of the molecule is CNC1CCCCCC1Cc1nc2ccccc2s1. The Labute approximate surface area is 119 Å². The Kier molecular flexibility index (Phi) is 4.14. The Bertz CT molecular complexity index is 501. The van der Waals surface area contributed by atoms with Gasteiger partial charge in [-0.1, -0.05) is 31.4 Å². The lowest BCUT2D eigenvalue weighted by Gasteiger charge is -2.23. The number of thiazole rings is 1. The topological polar surface area (TPSA) is 24.9 Å². The van der Waals surface area contributed by atoms with Crippen molar-refractivity contribution in [3.8, 4) is 0 Å². The van der Waals surface area contributed by atoms with Crippen molar-refractivity contribution in [3.05, 3.63) is 29.3 Å². The van der Waals surface area contributed by atoms with E-state index in [0.717, 1.165) is 17.9 Å². The van der Waals surface area contributed by atoms with E-state index in [1.165, 1.54) is 41.8 Å².